The lowest BCUT2D eigenvalue weighted by Crippen LogP contribution is -2.43. The van der Waals surface area contributed by atoms with Crippen LogP contribution in [-0.2, 0) is 31.9 Å². The van der Waals surface area contributed by atoms with Gasteiger partial charge in [0, 0.05) is 19.4 Å². The van der Waals surface area contributed by atoms with Gasteiger partial charge in [0.25, 0.3) is 11.8 Å². The maximum atomic E-state index is 12.7. The van der Waals surface area contributed by atoms with Gasteiger partial charge in [0.15, 0.2) is 0 Å². The molecule has 6 rings (SSSR count). The van der Waals surface area contributed by atoms with Crippen LogP contribution >= 0.6 is 46.4 Å². The van der Waals surface area contributed by atoms with Crippen LogP contribution in [0.5, 0.6) is 0 Å². The number of amides is 2. The zero-order valence-corrected chi connectivity index (χ0v) is 35.2. The van der Waals surface area contributed by atoms with E-state index in [1.54, 1.807) is 36.4 Å². The molecule has 306 valence electrons. The zero-order chi connectivity index (χ0) is 41.6. The highest BCUT2D eigenvalue weighted by Gasteiger charge is 2.27. The quantitative estimate of drug-likeness (QED) is 0.106. The lowest BCUT2D eigenvalue weighted by atomic mass is 9.89. The smallest absolute Gasteiger partial charge is 0.328 e. The minimum absolute atomic E-state index is 0.137. The molecule has 1 fully saturated rings. The fourth-order valence-electron chi connectivity index (χ4n) is 6.85. The van der Waals surface area contributed by atoms with E-state index in [0.29, 0.717) is 18.8 Å². The van der Waals surface area contributed by atoms with Crippen LogP contribution in [0.4, 0.5) is 0 Å². The number of carbonyl (C=O) groups is 4. The van der Waals surface area contributed by atoms with Crippen molar-refractivity contribution in [2.45, 2.75) is 50.1 Å². The summed E-state index contributed by atoms with van der Waals surface area (Å²) in [6, 6.07) is 24.1. The minimum atomic E-state index is -0.858. The molecule has 0 unspecified atom stereocenters. The van der Waals surface area contributed by atoms with Crippen LogP contribution in [0, 0.1) is 0 Å². The number of carbonyl (C=O) groups excluding carboxylic acids is 4. The lowest BCUT2D eigenvalue weighted by Gasteiger charge is -2.23. The molecular weight excluding hydrogens is 822 g/mol. The Hall–Kier alpha value is -4.42. The Labute approximate surface area is 358 Å². The number of piperidine rings is 1. The van der Waals surface area contributed by atoms with Crippen LogP contribution < -0.4 is 21.3 Å². The van der Waals surface area contributed by atoms with Crippen molar-refractivity contribution in [2.75, 3.05) is 40.4 Å². The van der Waals surface area contributed by atoms with Gasteiger partial charge in [-0.05, 0) is 96.9 Å². The number of esters is 2. The third-order valence-electron chi connectivity index (χ3n) is 10.0. The van der Waals surface area contributed by atoms with Gasteiger partial charge in [-0.2, -0.15) is 0 Å². The zero-order valence-electron chi connectivity index (χ0n) is 32.2. The second kappa shape index (κ2) is 22.1. The maximum Gasteiger partial charge on any atom is 0.328 e. The van der Waals surface area contributed by atoms with Crippen molar-refractivity contribution in [1.29, 1.82) is 0 Å². The predicted molar refractivity (Wildman–Crippen MR) is 230 cm³/mol. The molecule has 0 bridgehead atoms. The van der Waals surface area contributed by atoms with Crippen molar-refractivity contribution in [1.82, 2.24) is 21.3 Å². The van der Waals surface area contributed by atoms with E-state index in [0.717, 1.165) is 62.1 Å². The topological polar surface area (TPSA) is 135 Å². The number of ether oxygens (including phenoxy) is 2. The van der Waals surface area contributed by atoms with Gasteiger partial charge < -0.3 is 30.7 Å². The van der Waals surface area contributed by atoms with Crippen LogP contribution in [0.3, 0.4) is 0 Å². The molecule has 2 aliphatic rings. The van der Waals surface area contributed by atoms with Crippen molar-refractivity contribution in [3.05, 3.63) is 144 Å². The van der Waals surface area contributed by atoms with Gasteiger partial charge in [0.1, 0.15) is 12.1 Å². The summed E-state index contributed by atoms with van der Waals surface area (Å²) in [5.41, 5.74) is 5.90. The van der Waals surface area contributed by atoms with Gasteiger partial charge in [-0.1, -0.05) is 113 Å². The molecule has 14 heteroatoms. The van der Waals surface area contributed by atoms with Gasteiger partial charge >= 0.3 is 11.9 Å². The van der Waals surface area contributed by atoms with Gasteiger partial charge in [-0.15, -0.1) is 0 Å². The molecule has 0 saturated carbocycles. The molecular formula is C44H46Cl4N4O6. The Morgan fingerprint density at radius 1 is 0.638 bits per heavy atom. The van der Waals surface area contributed by atoms with Crippen molar-refractivity contribution >= 4 is 75.7 Å². The van der Waals surface area contributed by atoms with E-state index in [2.05, 4.69) is 39.5 Å². The van der Waals surface area contributed by atoms with Crippen LogP contribution in [-0.4, -0.2) is 76.2 Å². The Morgan fingerprint density at radius 2 is 1.09 bits per heavy atom. The summed E-state index contributed by atoms with van der Waals surface area (Å²) >= 11 is 24.4. The molecule has 1 saturated heterocycles. The SMILES string of the molecule is COC(=O)[C@H](Cc1ccc(C2=CCNCC2)cc1)NC(=O)c1c(Cl)cccc1Cl.COC(=O)[C@H](Cc1ccc(C2CCNCC2)cc1)NC(=O)c1c(Cl)cccc1Cl. The fraction of sp³-hybridized carbons (Fsp3) is 0.318. The molecule has 0 aliphatic carbocycles. The van der Waals surface area contributed by atoms with Crippen molar-refractivity contribution in [2.24, 2.45) is 0 Å². The summed E-state index contributed by atoms with van der Waals surface area (Å²) in [5, 5.41) is 12.9. The molecule has 2 aliphatic heterocycles. The Balaban J connectivity index is 0.000000221. The summed E-state index contributed by atoms with van der Waals surface area (Å²) in [7, 11) is 2.58. The maximum absolute atomic E-state index is 12.7. The lowest BCUT2D eigenvalue weighted by molar-refractivity contribution is -0.143. The molecule has 10 nitrogen and oxygen atoms in total. The Morgan fingerprint density at radius 3 is 1.50 bits per heavy atom. The van der Waals surface area contributed by atoms with E-state index in [1.807, 2.05) is 36.4 Å². The molecule has 4 aromatic carbocycles. The first kappa shape index (κ1) is 44.7. The van der Waals surface area contributed by atoms with Crippen molar-refractivity contribution < 1.29 is 28.7 Å². The van der Waals surface area contributed by atoms with E-state index in [1.165, 1.54) is 25.4 Å². The van der Waals surface area contributed by atoms with E-state index < -0.39 is 35.8 Å². The van der Waals surface area contributed by atoms with Gasteiger partial charge in [-0.3, -0.25) is 9.59 Å². The number of nitrogens with one attached hydrogen (secondary N) is 4. The first-order chi connectivity index (χ1) is 28.0. The molecule has 4 N–H and O–H groups in total. The van der Waals surface area contributed by atoms with Crippen LogP contribution in [0.2, 0.25) is 20.1 Å². The normalized spacial score (nSPS) is 15.1. The summed E-state index contributed by atoms with van der Waals surface area (Å²) in [4.78, 5) is 49.8. The van der Waals surface area contributed by atoms with E-state index in [9.17, 15) is 19.2 Å². The average Bonchev–Trinajstić information content (AvgIpc) is 3.24. The van der Waals surface area contributed by atoms with Crippen molar-refractivity contribution in [3.8, 4) is 0 Å². The third kappa shape index (κ3) is 12.3. The van der Waals surface area contributed by atoms with Gasteiger partial charge in [0.2, 0.25) is 0 Å². The van der Waals surface area contributed by atoms with E-state index in [4.69, 9.17) is 55.9 Å². The second-order valence-corrected chi connectivity index (χ2v) is 15.5. The predicted octanol–water partition coefficient (Wildman–Crippen LogP) is 7.86. The van der Waals surface area contributed by atoms with Crippen LogP contribution in [0.15, 0.2) is 91.0 Å². The minimum Gasteiger partial charge on any atom is -0.467 e. The highest BCUT2D eigenvalue weighted by atomic mass is 35.5. The summed E-state index contributed by atoms with van der Waals surface area (Å²) in [6.07, 6.45) is 6.02. The van der Waals surface area contributed by atoms with Crippen LogP contribution in [0.25, 0.3) is 5.57 Å². The molecule has 2 heterocycles. The standard InChI is InChI=1S/C22H24Cl2N2O3.C22H22Cl2N2O3/c2*1-29-22(28)19(26-21(27)20-17(23)3-2-4-18(20)24)13-14-5-7-15(8-6-14)16-9-11-25-12-10-16/h2-8,16,19,25H,9-13H2,1H3,(H,26,27);2-9,19,25H,10-13H2,1H3,(H,26,27)/t2*19-/m00/s1. The second-order valence-electron chi connectivity index (χ2n) is 13.8. The first-order valence-corrected chi connectivity index (χ1v) is 20.4. The number of methoxy groups -OCH3 is 2. The fourth-order valence-corrected chi connectivity index (χ4v) is 7.99. The number of rotatable bonds is 12. The van der Waals surface area contributed by atoms with Crippen LogP contribution in [0.1, 0.15) is 68.2 Å². The van der Waals surface area contributed by atoms with E-state index >= 15 is 0 Å². The highest BCUT2D eigenvalue weighted by Crippen LogP contribution is 2.28. The van der Waals surface area contributed by atoms with E-state index in [-0.39, 0.29) is 31.2 Å². The molecule has 4 aromatic rings. The summed E-state index contributed by atoms with van der Waals surface area (Å²) in [5.74, 6) is -1.53. The first-order valence-electron chi connectivity index (χ1n) is 18.9. The van der Waals surface area contributed by atoms with Gasteiger partial charge in [0.05, 0.1) is 45.4 Å². The third-order valence-corrected chi connectivity index (χ3v) is 11.3. The molecule has 58 heavy (non-hydrogen) atoms. The Kier molecular flexibility index (Phi) is 17.0. The largest absolute Gasteiger partial charge is 0.467 e. The molecule has 2 amide bonds. The number of benzene rings is 4. The average molecular weight is 869 g/mol. The highest BCUT2D eigenvalue weighted by molar-refractivity contribution is 6.40. The number of hydrogen-bond acceptors (Lipinski definition) is 8. The number of halogens is 4. The number of hydrogen-bond donors (Lipinski definition) is 4. The molecule has 0 radical (unpaired) electrons. The molecule has 2 atom stereocenters. The summed E-state index contributed by atoms with van der Waals surface area (Å²) in [6.45, 7) is 3.91. The monoisotopic (exact) mass is 866 g/mol. The Bertz CT molecular complexity index is 2050. The molecule has 0 spiro atoms. The van der Waals surface area contributed by atoms with Gasteiger partial charge in [-0.25, -0.2) is 9.59 Å². The van der Waals surface area contributed by atoms with Crippen molar-refractivity contribution in [3.63, 3.8) is 0 Å². The molecule has 0 aromatic heterocycles. The summed E-state index contributed by atoms with van der Waals surface area (Å²) < 4.78 is 9.74.